The summed E-state index contributed by atoms with van der Waals surface area (Å²) in [5.74, 6) is -0.0955. The van der Waals surface area contributed by atoms with Crippen molar-refractivity contribution in [2.75, 3.05) is 5.73 Å². The van der Waals surface area contributed by atoms with E-state index in [9.17, 15) is 4.79 Å². The molecule has 0 radical (unpaired) electrons. The van der Waals surface area contributed by atoms with Gasteiger partial charge in [0.2, 0.25) is 0 Å². The number of aromatic amines is 1. The number of carbonyl (C=O) groups excluding carboxylic acids is 1. The maximum Gasteiger partial charge on any atom is 0.257 e. The van der Waals surface area contributed by atoms with Gasteiger partial charge in [0, 0.05) is 11.8 Å². The Labute approximate surface area is 91.0 Å². The number of nitrogens with two attached hydrogens (primary N) is 1. The Balaban J connectivity index is 2.04. The zero-order valence-electron chi connectivity index (χ0n) is 8.65. The van der Waals surface area contributed by atoms with Crippen molar-refractivity contribution in [1.29, 1.82) is 0 Å². The zero-order chi connectivity index (χ0) is 11.5. The van der Waals surface area contributed by atoms with Gasteiger partial charge in [-0.25, -0.2) is 0 Å². The molecule has 0 saturated heterocycles. The Bertz CT molecular complexity index is 468. The van der Waals surface area contributed by atoms with E-state index in [2.05, 4.69) is 25.2 Å². The summed E-state index contributed by atoms with van der Waals surface area (Å²) in [7, 11) is 0. The number of aromatic nitrogens is 3. The Morgan fingerprint density at radius 3 is 3.06 bits per heavy atom. The fraction of sp³-hybridized carbons (Fsp3) is 0.222. The number of rotatable bonds is 3. The molecule has 0 aromatic carbocycles. The maximum absolute atomic E-state index is 11.7. The van der Waals surface area contributed by atoms with Crippen LogP contribution >= 0.6 is 0 Å². The molecule has 2 heterocycles. The highest BCUT2D eigenvalue weighted by molar-refractivity contribution is 5.99. The largest absolute Gasteiger partial charge is 0.382 e. The third kappa shape index (κ3) is 1.88. The molecular weight excluding hydrogens is 210 g/mol. The summed E-state index contributed by atoms with van der Waals surface area (Å²) >= 11 is 0. The molecule has 0 aliphatic heterocycles. The number of carbonyl (C=O) groups is 1. The number of amides is 1. The highest BCUT2D eigenvalue weighted by atomic mass is 16.5. The van der Waals surface area contributed by atoms with Gasteiger partial charge in [0.05, 0.1) is 6.54 Å². The monoisotopic (exact) mass is 221 g/mol. The second-order valence-electron chi connectivity index (χ2n) is 3.28. The molecule has 0 aliphatic carbocycles. The lowest BCUT2D eigenvalue weighted by atomic mass is 10.2. The number of anilines is 1. The molecule has 84 valence electrons. The van der Waals surface area contributed by atoms with Crippen LogP contribution in [0.15, 0.2) is 16.9 Å². The summed E-state index contributed by atoms with van der Waals surface area (Å²) < 4.78 is 4.64. The summed E-state index contributed by atoms with van der Waals surface area (Å²) in [6, 6.07) is 1.67. The van der Waals surface area contributed by atoms with Gasteiger partial charge in [-0.05, 0) is 6.92 Å². The molecule has 7 nitrogen and oxygen atoms in total. The molecular formula is C9H11N5O2. The maximum atomic E-state index is 11.7. The Hall–Kier alpha value is -2.31. The third-order valence-corrected chi connectivity index (χ3v) is 2.12. The van der Waals surface area contributed by atoms with Crippen molar-refractivity contribution in [3.8, 4) is 0 Å². The first-order valence-electron chi connectivity index (χ1n) is 4.66. The van der Waals surface area contributed by atoms with Crippen LogP contribution in [0, 0.1) is 6.92 Å². The van der Waals surface area contributed by atoms with Crippen LogP contribution in [-0.4, -0.2) is 21.3 Å². The van der Waals surface area contributed by atoms with E-state index in [-0.39, 0.29) is 11.7 Å². The van der Waals surface area contributed by atoms with Gasteiger partial charge in [0.1, 0.15) is 17.5 Å². The smallest absolute Gasteiger partial charge is 0.257 e. The molecule has 0 bridgehead atoms. The van der Waals surface area contributed by atoms with Crippen LogP contribution in [0.2, 0.25) is 0 Å². The highest BCUT2D eigenvalue weighted by Gasteiger charge is 2.15. The van der Waals surface area contributed by atoms with Crippen molar-refractivity contribution in [3.05, 3.63) is 29.3 Å². The average Bonchev–Trinajstić information content (AvgIpc) is 2.86. The molecule has 0 aliphatic rings. The van der Waals surface area contributed by atoms with Crippen molar-refractivity contribution in [2.24, 2.45) is 0 Å². The highest BCUT2D eigenvalue weighted by Crippen LogP contribution is 2.11. The van der Waals surface area contributed by atoms with Gasteiger partial charge >= 0.3 is 0 Å². The molecule has 0 fully saturated rings. The summed E-state index contributed by atoms with van der Waals surface area (Å²) in [5, 5.41) is 12.7. The normalized spacial score (nSPS) is 10.3. The lowest BCUT2D eigenvalue weighted by Crippen LogP contribution is -2.24. The van der Waals surface area contributed by atoms with Crippen LogP contribution in [0.5, 0.6) is 0 Å². The summed E-state index contributed by atoms with van der Waals surface area (Å²) in [6.45, 7) is 2.02. The summed E-state index contributed by atoms with van der Waals surface area (Å²) in [5.41, 5.74) is 7.20. The topological polar surface area (TPSA) is 110 Å². The molecule has 4 N–H and O–H groups in total. The van der Waals surface area contributed by atoms with E-state index in [1.54, 1.807) is 13.0 Å². The van der Waals surface area contributed by atoms with E-state index < -0.39 is 0 Å². The first-order chi connectivity index (χ1) is 7.68. The first-order valence-corrected chi connectivity index (χ1v) is 4.66. The first kappa shape index (κ1) is 10.2. The third-order valence-electron chi connectivity index (χ3n) is 2.12. The van der Waals surface area contributed by atoms with Gasteiger partial charge in [-0.15, -0.1) is 0 Å². The lowest BCUT2D eigenvalue weighted by molar-refractivity contribution is 0.0950. The molecule has 1 amide bonds. The van der Waals surface area contributed by atoms with E-state index in [0.717, 1.165) is 0 Å². The van der Waals surface area contributed by atoms with Crippen molar-refractivity contribution in [3.63, 3.8) is 0 Å². The molecule has 16 heavy (non-hydrogen) atoms. The van der Waals surface area contributed by atoms with Crippen LogP contribution in [-0.2, 0) is 6.54 Å². The second kappa shape index (κ2) is 4.05. The van der Waals surface area contributed by atoms with Gasteiger partial charge in [-0.2, -0.15) is 5.10 Å². The second-order valence-corrected chi connectivity index (χ2v) is 3.28. The fourth-order valence-electron chi connectivity index (χ4n) is 1.32. The molecule has 0 unspecified atom stereocenters. The van der Waals surface area contributed by atoms with Gasteiger partial charge < -0.3 is 15.6 Å². The van der Waals surface area contributed by atoms with E-state index in [4.69, 9.17) is 5.73 Å². The van der Waals surface area contributed by atoms with E-state index in [0.29, 0.717) is 23.5 Å². The van der Waals surface area contributed by atoms with Gasteiger partial charge in [0.15, 0.2) is 5.82 Å². The van der Waals surface area contributed by atoms with Crippen molar-refractivity contribution < 1.29 is 9.32 Å². The minimum Gasteiger partial charge on any atom is -0.382 e. The minimum atomic E-state index is -0.285. The number of nitrogens with zero attached hydrogens (tertiary/aromatic N) is 2. The summed E-state index contributed by atoms with van der Waals surface area (Å²) in [4.78, 5) is 11.7. The van der Waals surface area contributed by atoms with Crippen LogP contribution in [0.4, 0.5) is 5.82 Å². The minimum absolute atomic E-state index is 0.190. The summed E-state index contributed by atoms with van der Waals surface area (Å²) in [6.07, 6.45) is 1.44. The number of H-pyrrole nitrogens is 1. The number of nitrogen functional groups attached to an aromatic ring is 1. The van der Waals surface area contributed by atoms with Crippen molar-refractivity contribution in [2.45, 2.75) is 13.5 Å². The van der Waals surface area contributed by atoms with Crippen LogP contribution < -0.4 is 11.1 Å². The fourth-order valence-corrected chi connectivity index (χ4v) is 1.32. The van der Waals surface area contributed by atoms with E-state index in [1.807, 2.05) is 0 Å². The molecule has 7 heteroatoms. The Morgan fingerprint density at radius 1 is 1.69 bits per heavy atom. The van der Waals surface area contributed by atoms with Crippen LogP contribution in [0.3, 0.4) is 0 Å². The van der Waals surface area contributed by atoms with Crippen LogP contribution in [0.1, 0.15) is 21.7 Å². The standard InChI is InChI=1S/C9H11N5O2/c1-5-7(8(10)13-12-5)9(15)11-4-6-2-3-16-14-6/h2-3H,4H2,1H3,(H,11,15)(H3,10,12,13). The molecule has 0 spiro atoms. The lowest BCUT2D eigenvalue weighted by Gasteiger charge is -2.02. The quantitative estimate of drug-likeness (QED) is 0.686. The number of nitrogens with one attached hydrogen (secondary N) is 2. The van der Waals surface area contributed by atoms with E-state index in [1.165, 1.54) is 6.26 Å². The Kier molecular flexibility index (Phi) is 2.59. The Morgan fingerprint density at radius 2 is 2.50 bits per heavy atom. The van der Waals surface area contributed by atoms with Gasteiger partial charge in [-0.1, -0.05) is 5.16 Å². The molecule has 0 atom stereocenters. The zero-order valence-corrected chi connectivity index (χ0v) is 8.65. The van der Waals surface area contributed by atoms with Crippen LogP contribution in [0.25, 0.3) is 0 Å². The molecule has 2 aromatic heterocycles. The predicted octanol–water partition coefficient (Wildman–Crippen LogP) is 0.218. The molecule has 2 rings (SSSR count). The van der Waals surface area contributed by atoms with Crippen molar-refractivity contribution in [1.82, 2.24) is 20.7 Å². The number of aryl methyl sites for hydroxylation is 1. The van der Waals surface area contributed by atoms with E-state index >= 15 is 0 Å². The van der Waals surface area contributed by atoms with Gasteiger partial charge in [-0.3, -0.25) is 9.89 Å². The predicted molar refractivity (Wildman–Crippen MR) is 55.4 cm³/mol. The molecule has 0 saturated carbocycles. The SMILES string of the molecule is Cc1[nH]nc(N)c1C(=O)NCc1ccon1. The number of hydrogen-bond donors (Lipinski definition) is 3. The average molecular weight is 221 g/mol. The molecule has 2 aromatic rings. The number of hydrogen-bond acceptors (Lipinski definition) is 5. The van der Waals surface area contributed by atoms with Gasteiger partial charge in [0.25, 0.3) is 5.91 Å². The van der Waals surface area contributed by atoms with Crippen molar-refractivity contribution >= 4 is 11.7 Å².